The number of halogens is 1. The molecule has 2 aliphatic carbocycles. The number of carbonyl (C=O) groups excluding carboxylic acids is 1. The van der Waals surface area contributed by atoms with Gasteiger partial charge < -0.3 is 19.8 Å². The SMILES string of the molecule is C=CC[C@@H](C(C)(C)O)S(=O)(=O)NC(=O)c1ccc2c(c1)N(C[C@@H]1CC[C@H]1[C@@H](O)C=C)C[C@@]1(CCCc3cc(Cl)ccc31)CO2. The monoisotopic (exact) mass is 642 g/mol. The van der Waals surface area contributed by atoms with E-state index in [1.165, 1.54) is 31.1 Å². The van der Waals surface area contributed by atoms with Gasteiger partial charge in [0.25, 0.3) is 5.91 Å². The Kier molecular flexibility index (Phi) is 9.25. The second-order valence-corrected chi connectivity index (χ2v) is 15.5. The number of carbonyl (C=O) groups is 1. The summed E-state index contributed by atoms with van der Waals surface area (Å²) < 4.78 is 35.1. The number of aliphatic hydroxyl groups excluding tert-OH is 1. The van der Waals surface area contributed by atoms with Crippen LogP contribution in [-0.4, -0.2) is 61.2 Å². The van der Waals surface area contributed by atoms with E-state index in [1.54, 1.807) is 24.3 Å². The second-order valence-electron chi connectivity index (χ2n) is 13.2. The first-order valence-electron chi connectivity index (χ1n) is 15.3. The number of rotatable bonds is 10. The average molecular weight is 643 g/mol. The van der Waals surface area contributed by atoms with Crippen LogP contribution in [0.1, 0.15) is 67.4 Å². The van der Waals surface area contributed by atoms with Gasteiger partial charge in [-0.3, -0.25) is 4.79 Å². The Morgan fingerprint density at radius 2 is 2.02 bits per heavy atom. The van der Waals surface area contributed by atoms with E-state index < -0.39 is 32.9 Å². The highest BCUT2D eigenvalue weighted by atomic mass is 35.5. The summed E-state index contributed by atoms with van der Waals surface area (Å²) in [5, 5.41) is 20.5. The number of benzene rings is 2. The largest absolute Gasteiger partial charge is 0.490 e. The molecule has 44 heavy (non-hydrogen) atoms. The Morgan fingerprint density at radius 3 is 2.68 bits per heavy atom. The maximum absolute atomic E-state index is 13.4. The number of nitrogens with zero attached hydrogens (tertiary/aromatic N) is 1. The number of aryl methyl sites for hydroxylation is 1. The third-order valence-corrected chi connectivity index (χ3v) is 11.9. The Labute approximate surface area is 265 Å². The van der Waals surface area contributed by atoms with Crippen molar-refractivity contribution in [3.8, 4) is 5.75 Å². The van der Waals surface area contributed by atoms with Crippen molar-refractivity contribution in [3.05, 3.63) is 83.4 Å². The van der Waals surface area contributed by atoms with Gasteiger partial charge >= 0.3 is 0 Å². The molecule has 0 bridgehead atoms. The topological polar surface area (TPSA) is 116 Å². The molecule has 5 atom stereocenters. The maximum atomic E-state index is 13.4. The number of aliphatic hydroxyl groups is 2. The van der Waals surface area contributed by atoms with Crippen LogP contribution < -0.4 is 14.4 Å². The lowest BCUT2D eigenvalue weighted by Gasteiger charge is -2.45. The van der Waals surface area contributed by atoms with E-state index in [9.17, 15) is 23.4 Å². The van der Waals surface area contributed by atoms with Crippen molar-refractivity contribution >= 4 is 33.2 Å². The van der Waals surface area contributed by atoms with Crippen molar-refractivity contribution in [2.24, 2.45) is 11.8 Å². The van der Waals surface area contributed by atoms with Crippen LogP contribution in [0.25, 0.3) is 0 Å². The molecule has 2 aromatic rings. The van der Waals surface area contributed by atoms with Crippen molar-refractivity contribution in [2.45, 2.75) is 74.7 Å². The van der Waals surface area contributed by atoms with Crippen LogP contribution in [0.4, 0.5) is 5.69 Å². The molecule has 1 heterocycles. The molecular weight excluding hydrogens is 600 g/mol. The Bertz CT molecular complexity index is 1540. The number of amides is 1. The summed E-state index contributed by atoms with van der Waals surface area (Å²) in [5.41, 5.74) is 1.39. The van der Waals surface area contributed by atoms with Gasteiger partial charge in [-0.2, -0.15) is 0 Å². The molecule has 1 spiro atoms. The zero-order chi connectivity index (χ0) is 31.9. The average Bonchev–Trinajstić information content (AvgIpc) is 3.09. The number of sulfonamides is 1. The zero-order valence-electron chi connectivity index (χ0n) is 25.5. The fourth-order valence-corrected chi connectivity index (χ4v) is 9.05. The number of anilines is 1. The van der Waals surface area contributed by atoms with Crippen LogP contribution in [0, 0.1) is 11.8 Å². The first-order chi connectivity index (χ1) is 20.8. The minimum atomic E-state index is -4.24. The molecule has 8 nitrogen and oxygen atoms in total. The number of fused-ring (bicyclic) bond motifs is 3. The summed E-state index contributed by atoms with van der Waals surface area (Å²) in [6.45, 7) is 11.9. The molecule has 3 N–H and O–H groups in total. The van der Waals surface area contributed by atoms with Gasteiger partial charge in [-0.1, -0.05) is 29.8 Å². The Balaban J connectivity index is 1.50. The van der Waals surface area contributed by atoms with E-state index in [1.807, 2.05) is 12.1 Å². The lowest BCUT2D eigenvalue weighted by molar-refractivity contribution is 0.0460. The van der Waals surface area contributed by atoms with E-state index in [-0.39, 0.29) is 29.2 Å². The number of hydrogen-bond donors (Lipinski definition) is 3. The summed E-state index contributed by atoms with van der Waals surface area (Å²) in [4.78, 5) is 15.7. The highest BCUT2D eigenvalue weighted by Gasteiger charge is 2.44. The molecule has 0 unspecified atom stereocenters. The van der Waals surface area contributed by atoms with Crippen LogP contribution in [0.5, 0.6) is 5.75 Å². The van der Waals surface area contributed by atoms with Crippen molar-refractivity contribution in [2.75, 3.05) is 24.6 Å². The normalized spacial score (nSPS) is 24.5. The molecule has 1 amide bonds. The van der Waals surface area contributed by atoms with Gasteiger partial charge in [0.1, 0.15) is 11.0 Å². The molecule has 1 saturated carbocycles. The quantitative estimate of drug-likeness (QED) is 0.307. The molecule has 2 aromatic carbocycles. The van der Waals surface area contributed by atoms with Crippen LogP contribution in [0.3, 0.4) is 0 Å². The lowest BCUT2D eigenvalue weighted by Crippen LogP contribution is -2.49. The number of ether oxygens (including phenoxy) is 1. The highest BCUT2D eigenvalue weighted by molar-refractivity contribution is 7.90. The van der Waals surface area contributed by atoms with E-state index >= 15 is 0 Å². The summed E-state index contributed by atoms with van der Waals surface area (Å²) in [5.74, 6) is 0.132. The summed E-state index contributed by atoms with van der Waals surface area (Å²) in [6.07, 6.45) is 7.11. The molecule has 0 saturated heterocycles. The van der Waals surface area contributed by atoms with Gasteiger partial charge in [0.2, 0.25) is 10.0 Å². The number of allylic oxidation sites excluding steroid dienone is 1. The fraction of sp³-hybridized carbons (Fsp3) is 0.500. The van der Waals surface area contributed by atoms with Crippen molar-refractivity contribution in [1.29, 1.82) is 0 Å². The third-order valence-electron chi connectivity index (χ3n) is 9.69. The lowest BCUT2D eigenvalue weighted by atomic mass is 9.68. The molecule has 0 aromatic heterocycles. The van der Waals surface area contributed by atoms with Crippen LogP contribution in [-0.2, 0) is 21.9 Å². The molecular formula is C34H43ClN2O6S. The smallest absolute Gasteiger partial charge is 0.264 e. The van der Waals surface area contributed by atoms with Gasteiger partial charge in [-0.05, 0) is 106 Å². The molecule has 1 aliphatic heterocycles. The predicted molar refractivity (Wildman–Crippen MR) is 174 cm³/mol. The van der Waals surface area contributed by atoms with E-state index in [4.69, 9.17) is 16.3 Å². The van der Waals surface area contributed by atoms with Crippen molar-refractivity contribution < 1.29 is 28.2 Å². The van der Waals surface area contributed by atoms with Crippen molar-refractivity contribution in [3.63, 3.8) is 0 Å². The third kappa shape index (κ3) is 6.43. The summed E-state index contributed by atoms with van der Waals surface area (Å²) in [7, 11) is -4.24. The molecule has 238 valence electrons. The fourth-order valence-electron chi connectivity index (χ4n) is 7.19. The first kappa shape index (κ1) is 32.5. The molecule has 1 fully saturated rings. The number of hydrogen-bond acceptors (Lipinski definition) is 7. The van der Waals surface area contributed by atoms with Gasteiger partial charge in [0.15, 0.2) is 0 Å². The molecule has 0 radical (unpaired) electrons. The van der Waals surface area contributed by atoms with Crippen molar-refractivity contribution in [1.82, 2.24) is 4.72 Å². The van der Waals surface area contributed by atoms with Gasteiger partial charge in [0, 0.05) is 29.1 Å². The summed E-state index contributed by atoms with van der Waals surface area (Å²) >= 11 is 6.37. The van der Waals surface area contributed by atoms with Gasteiger partial charge in [-0.25, -0.2) is 13.1 Å². The predicted octanol–water partition coefficient (Wildman–Crippen LogP) is 5.16. The first-order valence-corrected chi connectivity index (χ1v) is 17.2. The van der Waals surface area contributed by atoms with Gasteiger partial charge in [-0.15, -0.1) is 13.2 Å². The zero-order valence-corrected chi connectivity index (χ0v) is 27.0. The van der Waals surface area contributed by atoms with Crippen LogP contribution in [0.2, 0.25) is 5.02 Å². The number of nitrogens with one attached hydrogen (secondary N) is 1. The molecule has 5 rings (SSSR count). The summed E-state index contributed by atoms with van der Waals surface area (Å²) in [6, 6.07) is 11.0. The van der Waals surface area contributed by atoms with E-state index in [2.05, 4.69) is 28.8 Å². The highest BCUT2D eigenvalue weighted by Crippen LogP contribution is 2.46. The maximum Gasteiger partial charge on any atom is 0.264 e. The second kappa shape index (κ2) is 12.5. The minimum Gasteiger partial charge on any atom is -0.490 e. The van der Waals surface area contributed by atoms with E-state index in [0.717, 1.165) is 32.1 Å². The van der Waals surface area contributed by atoms with Crippen LogP contribution >= 0.6 is 11.6 Å². The Hall–Kier alpha value is -2.85. The van der Waals surface area contributed by atoms with Crippen LogP contribution in [0.15, 0.2) is 61.7 Å². The standard InChI is InChI=1S/C34H43ClN2O6S/c1-5-8-31(33(3,4)40)44(41,42)36-32(39)23-11-15-30-28(18-23)37(19-24-10-13-26(24)29(38)6-2)20-34(21-43-30)16-7-9-22-17-25(35)12-14-27(22)34/h5-6,11-12,14-15,17-18,24,26,29,31,38,40H,1-2,7-10,13,16,19-21H2,3-4H3,(H,36,39)/t24-,26+,29-,31-,34-/m0/s1. The van der Waals surface area contributed by atoms with Gasteiger partial charge in [0.05, 0.1) is 24.0 Å². The van der Waals surface area contributed by atoms with E-state index in [0.29, 0.717) is 36.2 Å². The molecule has 10 heteroatoms. The Morgan fingerprint density at radius 1 is 1.25 bits per heavy atom. The minimum absolute atomic E-state index is 0.0220. The molecule has 3 aliphatic rings.